The van der Waals surface area contributed by atoms with Crippen molar-refractivity contribution in [3.8, 4) is 0 Å². The standard InChI is InChI=1S/C12H13FN4O2/c1-6-4-16-12(19-6)7(2)17-11(18)9-3-8(13)5-15-10(9)14/h3-5,7H,1-2H3,(H2,14,15)(H,17,18). The summed E-state index contributed by atoms with van der Waals surface area (Å²) in [5.74, 6) is -0.182. The predicted octanol–water partition coefficient (Wildman–Crippen LogP) is 1.59. The number of nitrogens with one attached hydrogen (secondary N) is 1. The molecule has 7 heteroatoms. The summed E-state index contributed by atoms with van der Waals surface area (Å²) in [6.07, 6.45) is 2.50. The fourth-order valence-corrected chi connectivity index (χ4v) is 1.54. The molecule has 19 heavy (non-hydrogen) atoms. The largest absolute Gasteiger partial charge is 0.444 e. The Kier molecular flexibility index (Phi) is 3.46. The van der Waals surface area contributed by atoms with Crippen molar-refractivity contribution in [1.82, 2.24) is 15.3 Å². The minimum absolute atomic E-state index is 0.0184. The lowest BCUT2D eigenvalue weighted by molar-refractivity contribution is 0.0934. The van der Waals surface area contributed by atoms with Crippen molar-refractivity contribution in [2.75, 3.05) is 5.73 Å². The van der Waals surface area contributed by atoms with E-state index in [4.69, 9.17) is 10.2 Å². The maximum absolute atomic E-state index is 13.0. The van der Waals surface area contributed by atoms with Gasteiger partial charge < -0.3 is 15.5 Å². The van der Waals surface area contributed by atoms with Crippen LogP contribution in [0.1, 0.15) is 35.0 Å². The first-order valence-electron chi connectivity index (χ1n) is 5.61. The van der Waals surface area contributed by atoms with Gasteiger partial charge in [0, 0.05) is 0 Å². The molecule has 2 heterocycles. The Morgan fingerprint density at radius 2 is 2.21 bits per heavy atom. The molecule has 6 nitrogen and oxygen atoms in total. The fraction of sp³-hybridized carbons (Fsp3) is 0.250. The van der Waals surface area contributed by atoms with E-state index in [0.717, 1.165) is 12.3 Å². The van der Waals surface area contributed by atoms with Gasteiger partial charge in [-0.1, -0.05) is 0 Å². The zero-order chi connectivity index (χ0) is 14.0. The van der Waals surface area contributed by atoms with Crippen LogP contribution in [0.3, 0.4) is 0 Å². The van der Waals surface area contributed by atoms with Crippen molar-refractivity contribution in [1.29, 1.82) is 0 Å². The fourth-order valence-electron chi connectivity index (χ4n) is 1.54. The monoisotopic (exact) mass is 264 g/mol. The van der Waals surface area contributed by atoms with Crippen LogP contribution in [0.25, 0.3) is 0 Å². The number of nitrogen functional groups attached to an aromatic ring is 1. The van der Waals surface area contributed by atoms with Crippen LogP contribution >= 0.6 is 0 Å². The second kappa shape index (κ2) is 5.05. The molecule has 100 valence electrons. The van der Waals surface area contributed by atoms with E-state index >= 15 is 0 Å². The number of aryl methyl sites for hydroxylation is 1. The number of hydrogen-bond donors (Lipinski definition) is 2. The zero-order valence-corrected chi connectivity index (χ0v) is 10.5. The molecule has 0 aromatic carbocycles. The summed E-state index contributed by atoms with van der Waals surface area (Å²) in [4.78, 5) is 19.5. The van der Waals surface area contributed by atoms with Crippen molar-refractivity contribution < 1.29 is 13.6 Å². The van der Waals surface area contributed by atoms with Crippen molar-refractivity contribution in [2.45, 2.75) is 19.9 Å². The van der Waals surface area contributed by atoms with E-state index in [1.165, 1.54) is 0 Å². The Labute approximate surface area is 108 Å². The second-order valence-corrected chi connectivity index (χ2v) is 4.09. The van der Waals surface area contributed by atoms with Gasteiger partial charge in [0.15, 0.2) is 0 Å². The molecule has 2 aromatic heterocycles. The average Bonchev–Trinajstić information content (AvgIpc) is 2.79. The predicted molar refractivity (Wildman–Crippen MR) is 65.7 cm³/mol. The Morgan fingerprint density at radius 3 is 2.84 bits per heavy atom. The highest BCUT2D eigenvalue weighted by atomic mass is 19.1. The molecule has 0 saturated carbocycles. The zero-order valence-electron chi connectivity index (χ0n) is 10.5. The van der Waals surface area contributed by atoms with Crippen LogP contribution in [-0.4, -0.2) is 15.9 Å². The number of carbonyl (C=O) groups excluding carboxylic acids is 1. The van der Waals surface area contributed by atoms with Crippen LogP contribution in [-0.2, 0) is 0 Å². The topological polar surface area (TPSA) is 94.0 Å². The molecule has 0 fully saturated rings. The number of amides is 1. The van der Waals surface area contributed by atoms with Crippen molar-refractivity contribution in [2.24, 2.45) is 0 Å². The molecule has 0 spiro atoms. The minimum atomic E-state index is -0.626. The lowest BCUT2D eigenvalue weighted by atomic mass is 10.2. The van der Waals surface area contributed by atoms with Crippen molar-refractivity contribution >= 4 is 11.7 Å². The van der Waals surface area contributed by atoms with E-state index in [1.54, 1.807) is 20.0 Å². The van der Waals surface area contributed by atoms with E-state index < -0.39 is 17.8 Å². The highest BCUT2D eigenvalue weighted by Gasteiger charge is 2.18. The number of hydrogen-bond acceptors (Lipinski definition) is 5. The molecule has 1 unspecified atom stereocenters. The molecular formula is C12H13FN4O2. The summed E-state index contributed by atoms with van der Waals surface area (Å²) in [5, 5.41) is 2.61. The van der Waals surface area contributed by atoms with Gasteiger partial charge in [-0.2, -0.15) is 0 Å². The van der Waals surface area contributed by atoms with Crippen LogP contribution in [0.4, 0.5) is 10.2 Å². The first kappa shape index (κ1) is 13.0. The van der Waals surface area contributed by atoms with Gasteiger partial charge in [-0.05, 0) is 19.9 Å². The maximum atomic E-state index is 13.0. The van der Waals surface area contributed by atoms with Crippen LogP contribution in [0, 0.1) is 12.7 Å². The number of anilines is 1. The van der Waals surface area contributed by atoms with Gasteiger partial charge in [0.2, 0.25) is 5.89 Å². The minimum Gasteiger partial charge on any atom is -0.444 e. The van der Waals surface area contributed by atoms with Gasteiger partial charge in [-0.15, -0.1) is 0 Å². The second-order valence-electron chi connectivity index (χ2n) is 4.09. The number of pyridine rings is 1. The highest BCUT2D eigenvalue weighted by Crippen LogP contribution is 2.15. The van der Waals surface area contributed by atoms with Crippen LogP contribution in [0.5, 0.6) is 0 Å². The average molecular weight is 264 g/mol. The third-order valence-electron chi connectivity index (χ3n) is 2.49. The van der Waals surface area contributed by atoms with Gasteiger partial charge in [-0.3, -0.25) is 4.79 Å². The smallest absolute Gasteiger partial charge is 0.255 e. The Hall–Kier alpha value is -2.44. The molecular weight excluding hydrogens is 251 g/mol. The highest BCUT2D eigenvalue weighted by molar-refractivity contribution is 5.98. The van der Waals surface area contributed by atoms with Gasteiger partial charge in [-0.25, -0.2) is 14.4 Å². The summed E-state index contributed by atoms with van der Waals surface area (Å²) in [5.41, 5.74) is 5.51. The lowest BCUT2D eigenvalue weighted by Crippen LogP contribution is -2.28. The number of halogens is 1. The van der Waals surface area contributed by atoms with E-state index in [9.17, 15) is 9.18 Å². The summed E-state index contributed by atoms with van der Waals surface area (Å²) < 4.78 is 18.3. The number of nitrogens with zero attached hydrogens (tertiary/aromatic N) is 2. The van der Waals surface area contributed by atoms with Gasteiger partial charge in [0.25, 0.3) is 5.91 Å². The molecule has 0 bridgehead atoms. The van der Waals surface area contributed by atoms with E-state index in [0.29, 0.717) is 11.7 Å². The van der Waals surface area contributed by atoms with Crippen LogP contribution in [0.15, 0.2) is 22.9 Å². The van der Waals surface area contributed by atoms with Gasteiger partial charge >= 0.3 is 0 Å². The molecule has 0 aliphatic carbocycles. The summed E-state index contributed by atoms with van der Waals surface area (Å²) in [7, 11) is 0. The third-order valence-corrected chi connectivity index (χ3v) is 2.49. The molecule has 0 aliphatic rings. The summed E-state index contributed by atoms with van der Waals surface area (Å²) in [6.45, 7) is 3.45. The molecule has 0 radical (unpaired) electrons. The van der Waals surface area contributed by atoms with Crippen molar-refractivity contribution in [3.05, 3.63) is 41.5 Å². The van der Waals surface area contributed by atoms with Crippen LogP contribution < -0.4 is 11.1 Å². The van der Waals surface area contributed by atoms with Gasteiger partial charge in [0.1, 0.15) is 23.4 Å². The van der Waals surface area contributed by atoms with E-state index in [-0.39, 0.29) is 11.4 Å². The normalized spacial score (nSPS) is 12.2. The Balaban J connectivity index is 2.15. The Bertz CT molecular complexity index is 612. The third kappa shape index (κ3) is 2.87. The quantitative estimate of drug-likeness (QED) is 0.877. The number of nitrogens with two attached hydrogens (primary N) is 1. The first-order valence-corrected chi connectivity index (χ1v) is 5.61. The molecule has 0 saturated heterocycles. The van der Waals surface area contributed by atoms with Crippen molar-refractivity contribution in [3.63, 3.8) is 0 Å². The number of carbonyl (C=O) groups is 1. The SMILES string of the molecule is Cc1cnc(C(C)NC(=O)c2cc(F)cnc2N)o1. The van der Waals surface area contributed by atoms with Crippen LogP contribution in [0.2, 0.25) is 0 Å². The van der Waals surface area contributed by atoms with E-state index in [2.05, 4.69) is 15.3 Å². The number of oxazole rings is 1. The molecule has 1 amide bonds. The molecule has 0 aliphatic heterocycles. The lowest BCUT2D eigenvalue weighted by Gasteiger charge is -2.11. The molecule has 3 N–H and O–H groups in total. The van der Waals surface area contributed by atoms with Gasteiger partial charge in [0.05, 0.1) is 18.0 Å². The molecule has 2 rings (SSSR count). The molecule has 2 aromatic rings. The van der Waals surface area contributed by atoms with E-state index in [1.807, 2.05) is 0 Å². The summed E-state index contributed by atoms with van der Waals surface area (Å²) >= 11 is 0. The Morgan fingerprint density at radius 1 is 1.47 bits per heavy atom. The first-order chi connectivity index (χ1) is 8.97. The maximum Gasteiger partial charge on any atom is 0.255 e. The summed E-state index contributed by atoms with van der Waals surface area (Å²) in [6, 6.07) is 0.578. The number of rotatable bonds is 3. The number of aromatic nitrogens is 2. The molecule has 1 atom stereocenters.